The average molecular weight is 265 g/mol. The quantitative estimate of drug-likeness (QED) is 0.762. The molecule has 0 saturated carbocycles. The fourth-order valence-electron chi connectivity index (χ4n) is 2.12. The first kappa shape index (κ1) is 12.8. The summed E-state index contributed by atoms with van der Waals surface area (Å²) in [5.74, 6) is -0.193. The zero-order valence-corrected chi connectivity index (χ0v) is 11.0. The number of anilines is 1. The Morgan fingerprint density at radius 2 is 2.17 bits per heavy atom. The molecule has 1 aromatic rings. The number of aryl methyl sites for hydroxylation is 1. The van der Waals surface area contributed by atoms with Crippen LogP contribution in [0.2, 0.25) is 0 Å². The number of amides is 1. The van der Waals surface area contributed by atoms with E-state index in [0.717, 1.165) is 24.7 Å². The van der Waals surface area contributed by atoms with Crippen LogP contribution in [0, 0.1) is 0 Å². The minimum atomic E-state index is -3.26. The second-order valence-electron chi connectivity index (χ2n) is 4.36. The molecule has 96 valence electrons. The van der Waals surface area contributed by atoms with Gasteiger partial charge in [0.15, 0.2) is 9.84 Å². The standard InChI is InChI=1S/C13H15NO3S/c1-3-13(15)14-8-4-5-10-6-7-11(9-12(10)14)18(2,16)17/h3,6-7,9H,1,4-5,8H2,2H3. The number of nitrogens with zero attached hydrogens (tertiary/aromatic N) is 1. The number of hydrogen-bond acceptors (Lipinski definition) is 3. The van der Waals surface area contributed by atoms with Gasteiger partial charge in [0.2, 0.25) is 5.91 Å². The summed E-state index contributed by atoms with van der Waals surface area (Å²) in [5.41, 5.74) is 1.69. The van der Waals surface area contributed by atoms with Gasteiger partial charge in [0.1, 0.15) is 0 Å². The minimum absolute atomic E-state index is 0.193. The maximum Gasteiger partial charge on any atom is 0.250 e. The molecule has 1 aliphatic heterocycles. The molecule has 1 aliphatic rings. The average Bonchev–Trinajstić information content (AvgIpc) is 2.35. The van der Waals surface area contributed by atoms with E-state index >= 15 is 0 Å². The minimum Gasteiger partial charge on any atom is -0.309 e. The lowest BCUT2D eigenvalue weighted by molar-refractivity contribution is -0.114. The van der Waals surface area contributed by atoms with Gasteiger partial charge < -0.3 is 4.90 Å². The summed E-state index contributed by atoms with van der Waals surface area (Å²) in [4.78, 5) is 13.6. The molecular weight excluding hydrogens is 250 g/mol. The molecule has 0 fully saturated rings. The van der Waals surface area contributed by atoms with Crippen LogP contribution in [0.1, 0.15) is 12.0 Å². The van der Waals surface area contributed by atoms with Crippen molar-refractivity contribution in [1.29, 1.82) is 0 Å². The summed E-state index contributed by atoms with van der Waals surface area (Å²) in [6.07, 6.45) is 4.16. The lowest BCUT2D eigenvalue weighted by atomic mass is 10.0. The van der Waals surface area contributed by atoms with E-state index in [0.29, 0.717) is 12.2 Å². The number of carbonyl (C=O) groups excluding carboxylic acids is 1. The van der Waals surface area contributed by atoms with Crippen LogP contribution in [0.4, 0.5) is 5.69 Å². The van der Waals surface area contributed by atoms with Gasteiger partial charge in [0.05, 0.1) is 4.90 Å². The van der Waals surface area contributed by atoms with Crippen molar-refractivity contribution in [3.63, 3.8) is 0 Å². The van der Waals surface area contributed by atoms with Crippen LogP contribution in [-0.2, 0) is 21.1 Å². The smallest absolute Gasteiger partial charge is 0.250 e. The zero-order valence-electron chi connectivity index (χ0n) is 10.2. The van der Waals surface area contributed by atoms with Crippen LogP contribution in [0.15, 0.2) is 35.7 Å². The van der Waals surface area contributed by atoms with Gasteiger partial charge in [-0.2, -0.15) is 0 Å². The Kier molecular flexibility index (Phi) is 3.26. The first-order chi connectivity index (χ1) is 8.43. The van der Waals surface area contributed by atoms with Crippen LogP contribution in [0.25, 0.3) is 0 Å². The van der Waals surface area contributed by atoms with Gasteiger partial charge in [0, 0.05) is 18.5 Å². The van der Waals surface area contributed by atoms with Gasteiger partial charge in [-0.15, -0.1) is 0 Å². The first-order valence-corrected chi connectivity index (χ1v) is 7.59. The van der Waals surface area contributed by atoms with Crippen molar-refractivity contribution >= 4 is 21.4 Å². The maximum atomic E-state index is 11.7. The highest BCUT2D eigenvalue weighted by molar-refractivity contribution is 7.90. The predicted molar refractivity (Wildman–Crippen MR) is 70.4 cm³/mol. The van der Waals surface area contributed by atoms with Crippen molar-refractivity contribution in [3.05, 3.63) is 36.4 Å². The van der Waals surface area contributed by atoms with E-state index < -0.39 is 9.84 Å². The molecule has 1 heterocycles. The highest BCUT2D eigenvalue weighted by Crippen LogP contribution is 2.29. The second-order valence-corrected chi connectivity index (χ2v) is 6.38. The molecule has 0 unspecified atom stereocenters. The monoisotopic (exact) mass is 265 g/mol. The Morgan fingerprint density at radius 1 is 1.44 bits per heavy atom. The Hall–Kier alpha value is -1.62. The van der Waals surface area contributed by atoms with E-state index in [4.69, 9.17) is 0 Å². The zero-order chi connectivity index (χ0) is 13.3. The van der Waals surface area contributed by atoms with Crippen LogP contribution in [-0.4, -0.2) is 27.1 Å². The molecular formula is C13H15NO3S. The first-order valence-electron chi connectivity index (χ1n) is 5.70. The van der Waals surface area contributed by atoms with Crippen molar-refractivity contribution in [3.8, 4) is 0 Å². The van der Waals surface area contributed by atoms with E-state index in [1.54, 1.807) is 23.1 Å². The van der Waals surface area contributed by atoms with Crippen molar-refractivity contribution in [2.24, 2.45) is 0 Å². The summed E-state index contributed by atoms with van der Waals surface area (Å²) >= 11 is 0. The Morgan fingerprint density at radius 3 is 2.78 bits per heavy atom. The van der Waals surface area contributed by atoms with E-state index in [2.05, 4.69) is 6.58 Å². The molecule has 1 amide bonds. The second kappa shape index (κ2) is 4.57. The Bertz CT molecular complexity index is 605. The fraction of sp³-hybridized carbons (Fsp3) is 0.308. The molecule has 18 heavy (non-hydrogen) atoms. The maximum absolute atomic E-state index is 11.7. The molecule has 5 heteroatoms. The summed E-state index contributed by atoms with van der Waals surface area (Å²) in [5, 5.41) is 0. The molecule has 4 nitrogen and oxygen atoms in total. The third-order valence-corrected chi connectivity index (χ3v) is 4.15. The van der Waals surface area contributed by atoms with Crippen LogP contribution < -0.4 is 4.90 Å². The Labute approximate surface area is 107 Å². The normalized spacial score (nSPS) is 15.1. The van der Waals surface area contributed by atoms with Crippen LogP contribution in [0.5, 0.6) is 0 Å². The van der Waals surface area contributed by atoms with Gasteiger partial charge in [0.25, 0.3) is 0 Å². The van der Waals surface area contributed by atoms with Crippen molar-refractivity contribution in [2.75, 3.05) is 17.7 Å². The van der Waals surface area contributed by atoms with E-state index in [1.165, 1.54) is 6.08 Å². The molecule has 0 N–H and O–H groups in total. The van der Waals surface area contributed by atoms with Crippen molar-refractivity contribution in [2.45, 2.75) is 17.7 Å². The largest absolute Gasteiger partial charge is 0.309 e. The number of hydrogen-bond donors (Lipinski definition) is 0. The van der Waals surface area contributed by atoms with Gasteiger partial charge >= 0.3 is 0 Å². The molecule has 0 bridgehead atoms. The van der Waals surface area contributed by atoms with Crippen molar-refractivity contribution in [1.82, 2.24) is 0 Å². The van der Waals surface area contributed by atoms with Crippen molar-refractivity contribution < 1.29 is 13.2 Å². The van der Waals surface area contributed by atoms with E-state index in [-0.39, 0.29) is 10.8 Å². The molecule has 0 spiro atoms. The summed E-state index contributed by atoms with van der Waals surface area (Å²) in [7, 11) is -3.26. The molecule has 0 aliphatic carbocycles. The van der Waals surface area contributed by atoms with Gasteiger partial charge in [-0.3, -0.25) is 4.79 Å². The Balaban J connectivity index is 2.54. The molecule has 2 rings (SSSR count). The molecule has 0 aromatic heterocycles. The summed E-state index contributed by atoms with van der Waals surface area (Å²) < 4.78 is 23.1. The van der Waals surface area contributed by atoms with Gasteiger partial charge in [-0.25, -0.2) is 8.42 Å². The molecule has 0 radical (unpaired) electrons. The van der Waals surface area contributed by atoms with E-state index in [9.17, 15) is 13.2 Å². The predicted octanol–water partition coefficient (Wildman–Crippen LogP) is 1.56. The lowest BCUT2D eigenvalue weighted by Crippen LogP contribution is -2.34. The third-order valence-electron chi connectivity index (χ3n) is 3.04. The number of rotatable bonds is 2. The number of benzene rings is 1. The highest BCUT2D eigenvalue weighted by Gasteiger charge is 2.22. The third kappa shape index (κ3) is 2.31. The lowest BCUT2D eigenvalue weighted by Gasteiger charge is -2.29. The highest BCUT2D eigenvalue weighted by atomic mass is 32.2. The topological polar surface area (TPSA) is 54.5 Å². The number of sulfone groups is 1. The summed E-state index contributed by atoms with van der Waals surface area (Å²) in [6, 6.07) is 4.95. The number of fused-ring (bicyclic) bond motifs is 1. The molecule has 1 aromatic carbocycles. The summed E-state index contributed by atoms with van der Waals surface area (Å²) in [6.45, 7) is 4.07. The van der Waals surface area contributed by atoms with Gasteiger partial charge in [-0.1, -0.05) is 12.6 Å². The molecule has 0 atom stereocenters. The van der Waals surface area contributed by atoms with E-state index in [1.807, 2.05) is 0 Å². The van der Waals surface area contributed by atoms with Gasteiger partial charge in [-0.05, 0) is 36.6 Å². The van der Waals surface area contributed by atoms with Crippen LogP contribution in [0.3, 0.4) is 0 Å². The SMILES string of the molecule is C=CC(=O)N1CCCc2ccc(S(C)(=O)=O)cc21. The van der Waals surface area contributed by atoms with Crippen LogP contribution >= 0.6 is 0 Å². The number of carbonyl (C=O) groups is 1. The molecule has 0 saturated heterocycles. The fourth-order valence-corrected chi connectivity index (χ4v) is 2.77.